The Morgan fingerprint density at radius 3 is 2.61 bits per heavy atom. The zero-order valence-corrected chi connectivity index (χ0v) is 21.7. The van der Waals surface area contributed by atoms with Gasteiger partial charge in [0.2, 0.25) is 5.95 Å². The molecule has 0 radical (unpaired) electrons. The number of anilines is 3. The van der Waals surface area contributed by atoms with Crippen LogP contribution < -0.4 is 10.6 Å². The highest BCUT2D eigenvalue weighted by Crippen LogP contribution is 2.36. The van der Waals surface area contributed by atoms with Crippen molar-refractivity contribution in [1.82, 2.24) is 29.9 Å². The summed E-state index contributed by atoms with van der Waals surface area (Å²) in [6.45, 7) is 0. The van der Waals surface area contributed by atoms with Crippen molar-refractivity contribution in [3.8, 4) is 11.8 Å². The summed E-state index contributed by atoms with van der Waals surface area (Å²) in [5.74, 6) is -2.40. The van der Waals surface area contributed by atoms with Gasteiger partial charge in [-0.2, -0.15) is 9.65 Å². The second-order valence-corrected chi connectivity index (χ2v) is 9.17. The maximum absolute atomic E-state index is 13.9. The molecule has 200 valence electrons. The van der Waals surface area contributed by atoms with E-state index in [1.54, 1.807) is 47.5 Å². The predicted octanol–water partition coefficient (Wildman–Crippen LogP) is 6.35. The van der Waals surface area contributed by atoms with Crippen LogP contribution in [0, 0.1) is 23.1 Å². The summed E-state index contributed by atoms with van der Waals surface area (Å²) in [5.41, 5.74) is 2.69. The highest BCUT2D eigenvalue weighted by Gasteiger charge is 2.21. The van der Waals surface area contributed by atoms with Gasteiger partial charge in [0, 0.05) is 35.7 Å². The molecular weight excluding hydrogens is 548 g/mol. The van der Waals surface area contributed by atoms with E-state index in [0.717, 1.165) is 18.0 Å². The SMILES string of the molecule is [2H][C@](Nc1cc(Cl)c2ncc(C#N)c(Nc3cnc(F)c(F)c3)c2c1)(c1cccnc1)c1cn(-c2ccccc2)nn1. The molecular formula is C29H18ClF2N9. The molecule has 41 heavy (non-hydrogen) atoms. The molecule has 0 bridgehead atoms. The molecule has 2 aromatic carbocycles. The molecule has 0 aliphatic rings. The summed E-state index contributed by atoms with van der Waals surface area (Å²) >= 11 is 6.64. The van der Waals surface area contributed by atoms with Crippen molar-refractivity contribution in [1.29, 1.82) is 5.26 Å². The number of nitrogens with zero attached hydrogens (tertiary/aromatic N) is 7. The maximum atomic E-state index is 13.9. The third kappa shape index (κ3) is 5.24. The minimum absolute atomic E-state index is 0.107. The number of para-hydroxylation sites is 1. The quantitative estimate of drug-likeness (QED) is 0.215. The first kappa shape index (κ1) is 24.6. The van der Waals surface area contributed by atoms with E-state index in [4.69, 9.17) is 11.6 Å². The smallest absolute Gasteiger partial charge is 0.249 e. The van der Waals surface area contributed by atoms with Gasteiger partial charge in [-0.15, -0.1) is 5.10 Å². The lowest BCUT2D eigenvalue weighted by Crippen LogP contribution is -2.13. The van der Waals surface area contributed by atoms with Gasteiger partial charge in [-0.3, -0.25) is 9.97 Å². The molecule has 0 unspecified atom stereocenters. The second-order valence-electron chi connectivity index (χ2n) is 8.76. The van der Waals surface area contributed by atoms with Crippen molar-refractivity contribution in [2.75, 3.05) is 10.6 Å². The van der Waals surface area contributed by atoms with Gasteiger partial charge in [-0.1, -0.05) is 41.1 Å². The Bertz CT molecular complexity index is 1970. The van der Waals surface area contributed by atoms with Crippen LogP contribution in [0.25, 0.3) is 16.6 Å². The number of halogens is 3. The highest BCUT2D eigenvalue weighted by atomic mass is 35.5. The minimum Gasteiger partial charge on any atom is -0.373 e. The molecule has 1 atom stereocenters. The molecule has 0 aliphatic carbocycles. The van der Waals surface area contributed by atoms with Crippen molar-refractivity contribution in [3.63, 3.8) is 0 Å². The van der Waals surface area contributed by atoms with E-state index in [-0.39, 0.29) is 27.7 Å². The normalized spacial score (nSPS) is 12.8. The summed E-state index contributed by atoms with van der Waals surface area (Å²) in [6, 6.07) is 17.3. The molecule has 4 heterocycles. The van der Waals surface area contributed by atoms with Crippen LogP contribution in [-0.4, -0.2) is 29.9 Å². The minimum atomic E-state index is -1.68. The number of pyridine rings is 3. The van der Waals surface area contributed by atoms with E-state index in [9.17, 15) is 15.4 Å². The van der Waals surface area contributed by atoms with Gasteiger partial charge in [0.1, 0.15) is 11.8 Å². The number of nitrogens with one attached hydrogen (secondary N) is 2. The Hall–Kier alpha value is -5.47. The topological polar surface area (TPSA) is 117 Å². The Kier molecular flexibility index (Phi) is 6.56. The second kappa shape index (κ2) is 11.0. The molecule has 9 nitrogen and oxygen atoms in total. The van der Waals surface area contributed by atoms with Crippen molar-refractivity contribution in [3.05, 3.63) is 125 Å². The number of hydrogen-bond acceptors (Lipinski definition) is 8. The molecule has 0 saturated heterocycles. The van der Waals surface area contributed by atoms with Crippen LogP contribution in [0.1, 0.15) is 24.2 Å². The summed E-state index contributed by atoms with van der Waals surface area (Å²) in [5, 5.41) is 25.0. The number of nitriles is 1. The van der Waals surface area contributed by atoms with Crippen molar-refractivity contribution in [2.24, 2.45) is 0 Å². The molecule has 2 N–H and O–H groups in total. The van der Waals surface area contributed by atoms with Crippen LogP contribution in [-0.2, 0) is 0 Å². The fourth-order valence-electron chi connectivity index (χ4n) is 4.21. The zero-order valence-electron chi connectivity index (χ0n) is 21.9. The van der Waals surface area contributed by atoms with Gasteiger partial charge >= 0.3 is 0 Å². The van der Waals surface area contributed by atoms with Gasteiger partial charge in [0.15, 0.2) is 5.82 Å². The van der Waals surface area contributed by atoms with Gasteiger partial charge in [0.25, 0.3) is 0 Å². The summed E-state index contributed by atoms with van der Waals surface area (Å²) in [4.78, 5) is 11.9. The van der Waals surface area contributed by atoms with Gasteiger partial charge < -0.3 is 10.6 Å². The molecule has 6 aromatic rings. The molecule has 12 heteroatoms. The van der Waals surface area contributed by atoms with Crippen molar-refractivity contribution >= 4 is 39.6 Å². The van der Waals surface area contributed by atoms with E-state index in [1.165, 1.54) is 6.20 Å². The van der Waals surface area contributed by atoms with Crippen molar-refractivity contribution in [2.45, 2.75) is 6.02 Å². The first-order valence-electron chi connectivity index (χ1n) is 12.6. The number of hydrogen-bond donors (Lipinski definition) is 2. The molecule has 4 aromatic heterocycles. The average Bonchev–Trinajstić information content (AvgIpc) is 3.52. The number of benzene rings is 2. The van der Waals surface area contributed by atoms with E-state index < -0.39 is 17.8 Å². The van der Waals surface area contributed by atoms with E-state index in [1.807, 2.05) is 36.4 Å². The zero-order chi connectivity index (χ0) is 29.3. The van der Waals surface area contributed by atoms with E-state index >= 15 is 0 Å². The molecule has 0 saturated carbocycles. The van der Waals surface area contributed by atoms with Gasteiger partial charge in [-0.05, 0) is 35.9 Å². The Balaban J connectivity index is 1.47. The Morgan fingerprint density at radius 1 is 1.00 bits per heavy atom. The predicted molar refractivity (Wildman–Crippen MR) is 150 cm³/mol. The van der Waals surface area contributed by atoms with E-state index in [0.29, 0.717) is 22.2 Å². The molecule has 0 amide bonds. The highest BCUT2D eigenvalue weighted by molar-refractivity contribution is 6.36. The van der Waals surface area contributed by atoms with Crippen LogP contribution in [0.3, 0.4) is 0 Å². The molecule has 0 spiro atoms. The molecule has 0 aliphatic heterocycles. The number of fused-ring (bicyclic) bond motifs is 1. The van der Waals surface area contributed by atoms with Crippen LogP contribution >= 0.6 is 11.6 Å². The first-order chi connectivity index (χ1) is 20.4. The molecule has 6 rings (SSSR count). The van der Waals surface area contributed by atoms with Crippen LogP contribution in [0.15, 0.2) is 91.6 Å². The van der Waals surface area contributed by atoms with Crippen LogP contribution in [0.4, 0.5) is 25.8 Å². The molecule has 0 fully saturated rings. The standard InChI is InChI=1S/C29H18ClF2N9/c30-23-10-19(9-22-26(18(12-33)14-35-28(22)23)38-20-11-24(31)29(32)36-15-20)37-27(17-5-4-8-34-13-17)25-16-41(40-39-25)21-6-2-1-3-7-21/h1-11,13-16,27,37H,(H,35,38)/t27-/m0/s1/i27D. The average molecular weight is 567 g/mol. The fourth-order valence-corrected chi connectivity index (χ4v) is 4.48. The number of aromatic nitrogens is 6. The van der Waals surface area contributed by atoms with Crippen LogP contribution in [0.5, 0.6) is 0 Å². The Labute approximate surface area is 238 Å². The fraction of sp³-hybridized carbons (Fsp3) is 0.0345. The largest absolute Gasteiger partial charge is 0.373 e. The lowest BCUT2D eigenvalue weighted by atomic mass is 10.0. The number of rotatable bonds is 7. The van der Waals surface area contributed by atoms with Gasteiger partial charge in [0.05, 0.1) is 52.9 Å². The van der Waals surface area contributed by atoms with Gasteiger partial charge in [-0.25, -0.2) is 14.1 Å². The van der Waals surface area contributed by atoms with Crippen molar-refractivity contribution < 1.29 is 10.2 Å². The summed E-state index contributed by atoms with van der Waals surface area (Å²) < 4.78 is 38.5. The lowest BCUT2D eigenvalue weighted by molar-refractivity contribution is 0.480. The first-order valence-corrected chi connectivity index (χ1v) is 12.5. The summed E-state index contributed by atoms with van der Waals surface area (Å²) in [7, 11) is 0. The van der Waals surface area contributed by atoms with E-state index in [2.05, 4.69) is 35.9 Å². The summed E-state index contributed by atoms with van der Waals surface area (Å²) in [6.07, 6.45) is 7.20. The van der Waals surface area contributed by atoms with Crippen LogP contribution in [0.2, 0.25) is 5.02 Å². The third-order valence-corrected chi connectivity index (χ3v) is 6.39. The monoisotopic (exact) mass is 566 g/mol. The third-order valence-electron chi connectivity index (χ3n) is 6.10. The lowest BCUT2D eigenvalue weighted by Gasteiger charge is -2.19. The maximum Gasteiger partial charge on any atom is 0.249 e. The Morgan fingerprint density at radius 2 is 1.85 bits per heavy atom.